The molecule has 0 unspecified atom stereocenters. The normalized spacial score (nSPS) is 10.6. The molecule has 0 saturated carbocycles. The second-order valence-corrected chi connectivity index (χ2v) is 5.26. The van der Waals surface area contributed by atoms with Crippen LogP contribution in [0.4, 0.5) is 0 Å². The van der Waals surface area contributed by atoms with Gasteiger partial charge in [-0.15, -0.1) is 0 Å². The van der Waals surface area contributed by atoms with Crippen molar-refractivity contribution in [1.29, 1.82) is 0 Å². The molecular formula is C14H13BrClNO3. The third kappa shape index (κ3) is 3.04. The first-order valence-electron chi connectivity index (χ1n) is 6.19. The number of esters is 1. The molecule has 0 bridgehead atoms. The van der Waals surface area contributed by atoms with Crippen LogP contribution in [0.2, 0.25) is 5.02 Å². The number of aryl methyl sites for hydroxylation is 1. The summed E-state index contributed by atoms with van der Waals surface area (Å²) >= 11 is 9.37. The van der Waals surface area contributed by atoms with Gasteiger partial charge in [-0.05, 0) is 47.5 Å². The zero-order valence-electron chi connectivity index (χ0n) is 11.1. The van der Waals surface area contributed by atoms with Crippen molar-refractivity contribution in [2.45, 2.75) is 20.3 Å². The van der Waals surface area contributed by atoms with Gasteiger partial charge in [-0.25, -0.2) is 9.78 Å². The number of oxazole rings is 1. The molecule has 0 radical (unpaired) electrons. The summed E-state index contributed by atoms with van der Waals surface area (Å²) in [6.07, 6.45) is 0.585. The van der Waals surface area contributed by atoms with Crippen molar-refractivity contribution in [3.63, 3.8) is 0 Å². The number of ether oxygens (including phenoxy) is 1. The highest BCUT2D eigenvalue weighted by Crippen LogP contribution is 2.29. The van der Waals surface area contributed by atoms with Crippen LogP contribution < -0.4 is 0 Å². The standard InChI is InChI=1S/C14H13BrClNO3/c1-3-11-12(14(18)19-4-2)20-13(17-11)8-5-6-9(15)10(16)7-8/h5-7H,3-4H2,1-2H3. The number of hydrogen-bond donors (Lipinski definition) is 0. The van der Waals surface area contributed by atoms with E-state index < -0.39 is 5.97 Å². The smallest absolute Gasteiger partial charge is 0.376 e. The van der Waals surface area contributed by atoms with E-state index in [-0.39, 0.29) is 5.76 Å². The molecule has 1 heterocycles. The Kier molecular flexibility index (Phi) is 4.83. The Morgan fingerprint density at radius 3 is 2.80 bits per heavy atom. The summed E-state index contributed by atoms with van der Waals surface area (Å²) in [6.45, 7) is 3.94. The number of hydrogen-bond acceptors (Lipinski definition) is 4. The van der Waals surface area contributed by atoms with Crippen LogP contribution in [0.25, 0.3) is 11.5 Å². The highest BCUT2D eigenvalue weighted by molar-refractivity contribution is 9.10. The van der Waals surface area contributed by atoms with E-state index in [0.29, 0.717) is 35.2 Å². The largest absolute Gasteiger partial charge is 0.460 e. The van der Waals surface area contributed by atoms with E-state index in [1.165, 1.54) is 0 Å². The lowest BCUT2D eigenvalue weighted by atomic mass is 10.2. The third-order valence-electron chi connectivity index (χ3n) is 2.66. The lowest BCUT2D eigenvalue weighted by molar-refractivity contribution is 0.0489. The van der Waals surface area contributed by atoms with E-state index >= 15 is 0 Å². The molecule has 0 amide bonds. The van der Waals surface area contributed by atoms with Crippen LogP contribution in [0.3, 0.4) is 0 Å². The van der Waals surface area contributed by atoms with Gasteiger partial charge in [-0.2, -0.15) is 0 Å². The molecule has 0 aliphatic carbocycles. The fourth-order valence-electron chi connectivity index (χ4n) is 1.70. The van der Waals surface area contributed by atoms with Gasteiger partial charge in [-0.3, -0.25) is 0 Å². The van der Waals surface area contributed by atoms with Gasteiger partial charge in [0.25, 0.3) is 0 Å². The summed E-state index contributed by atoms with van der Waals surface area (Å²) in [5.41, 5.74) is 1.29. The van der Waals surface area contributed by atoms with Crippen LogP contribution in [0, 0.1) is 0 Å². The summed E-state index contributed by atoms with van der Waals surface area (Å²) < 4.78 is 11.3. The number of carbonyl (C=O) groups is 1. The second kappa shape index (κ2) is 6.41. The molecule has 1 aromatic heterocycles. The zero-order chi connectivity index (χ0) is 14.7. The first-order chi connectivity index (χ1) is 9.56. The molecule has 2 aromatic rings. The predicted molar refractivity (Wildman–Crippen MR) is 80.0 cm³/mol. The summed E-state index contributed by atoms with van der Waals surface area (Å²) in [5, 5.41) is 0.552. The monoisotopic (exact) mass is 357 g/mol. The van der Waals surface area contributed by atoms with Crippen molar-refractivity contribution in [1.82, 2.24) is 4.98 Å². The van der Waals surface area contributed by atoms with Gasteiger partial charge in [0, 0.05) is 10.0 Å². The lowest BCUT2D eigenvalue weighted by Gasteiger charge is -1.99. The molecule has 20 heavy (non-hydrogen) atoms. The van der Waals surface area contributed by atoms with Crippen LogP contribution >= 0.6 is 27.5 Å². The maximum absolute atomic E-state index is 11.8. The van der Waals surface area contributed by atoms with Crippen LogP contribution in [-0.2, 0) is 11.2 Å². The van der Waals surface area contributed by atoms with Crippen molar-refractivity contribution < 1.29 is 13.9 Å². The van der Waals surface area contributed by atoms with E-state index in [2.05, 4.69) is 20.9 Å². The van der Waals surface area contributed by atoms with Gasteiger partial charge in [0.05, 0.1) is 17.3 Å². The minimum absolute atomic E-state index is 0.156. The SMILES string of the molecule is CCOC(=O)c1oc(-c2ccc(Br)c(Cl)c2)nc1CC. The first kappa shape index (κ1) is 15.1. The van der Waals surface area contributed by atoms with Crippen molar-refractivity contribution in [2.75, 3.05) is 6.61 Å². The first-order valence-corrected chi connectivity index (χ1v) is 7.36. The van der Waals surface area contributed by atoms with Crippen molar-refractivity contribution in [3.05, 3.63) is 39.1 Å². The Bertz CT molecular complexity index is 639. The highest BCUT2D eigenvalue weighted by Gasteiger charge is 2.21. The van der Waals surface area contributed by atoms with E-state index in [9.17, 15) is 4.79 Å². The molecule has 0 spiro atoms. The maximum atomic E-state index is 11.8. The molecule has 0 atom stereocenters. The molecule has 1 aromatic carbocycles. The minimum Gasteiger partial charge on any atom is -0.460 e. The molecule has 4 nitrogen and oxygen atoms in total. The molecule has 0 aliphatic rings. The minimum atomic E-state index is -0.494. The fraction of sp³-hybridized carbons (Fsp3) is 0.286. The van der Waals surface area contributed by atoms with Crippen LogP contribution in [0.15, 0.2) is 27.1 Å². The van der Waals surface area contributed by atoms with E-state index in [0.717, 1.165) is 4.47 Å². The van der Waals surface area contributed by atoms with Gasteiger partial charge >= 0.3 is 5.97 Å². The number of benzene rings is 1. The second-order valence-electron chi connectivity index (χ2n) is 4.00. The topological polar surface area (TPSA) is 52.3 Å². The summed E-state index contributed by atoms with van der Waals surface area (Å²) in [7, 11) is 0. The Hall–Kier alpha value is -1.33. The zero-order valence-corrected chi connectivity index (χ0v) is 13.4. The maximum Gasteiger partial charge on any atom is 0.376 e. The van der Waals surface area contributed by atoms with Gasteiger partial charge < -0.3 is 9.15 Å². The van der Waals surface area contributed by atoms with Crippen molar-refractivity contribution >= 4 is 33.5 Å². The molecule has 2 rings (SSSR count). The Morgan fingerprint density at radius 1 is 1.45 bits per heavy atom. The van der Waals surface area contributed by atoms with Gasteiger partial charge in [0.1, 0.15) is 0 Å². The van der Waals surface area contributed by atoms with Gasteiger partial charge in [0.2, 0.25) is 11.7 Å². The van der Waals surface area contributed by atoms with E-state index in [4.69, 9.17) is 20.8 Å². The quantitative estimate of drug-likeness (QED) is 0.755. The third-order valence-corrected chi connectivity index (χ3v) is 3.89. The summed E-state index contributed by atoms with van der Waals surface area (Å²) in [6, 6.07) is 5.35. The predicted octanol–water partition coefficient (Wildman–Crippen LogP) is 4.50. The molecule has 0 aliphatic heterocycles. The van der Waals surface area contributed by atoms with Gasteiger partial charge in [-0.1, -0.05) is 18.5 Å². The number of halogens is 2. The summed E-state index contributed by atoms with van der Waals surface area (Å²) in [4.78, 5) is 16.1. The van der Waals surface area contributed by atoms with E-state index in [1.807, 2.05) is 13.0 Å². The number of nitrogens with zero attached hydrogens (tertiary/aromatic N) is 1. The summed E-state index contributed by atoms with van der Waals surface area (Å²) in [5.74, 6) is 0.0222. The van der Waals surface area contributed by atoms with Crippen LogP contribution in [0.5, 0.6) is 0 Å². The average Bonchev–Trinajstić information content (AvgIpc) is 2.86. The number of carbonyl (C=O) groups excluding carboxylic acids is 1. The van der Waals surface area contributed by atoms with Crippen LogP contribution in [-0.4, -0.2) is 17.6 Å². The highest BCUT2D eigenvalue weighted by atomic mass is 79.9. The number of rotatable bonds is 4. The number of aromatic nitrogens is 1. The van der Waals surface area contributed by atoms with Crippen molar-refractivity contribution in [2.24, 2.45) is 0 Å². The van der Waals surface area contributed by atoms with E-state index in [1.54, 1.807) is 19.1 Å². The Labute approximate surface area is 130 Å². The average molecular weight is 359 g/mol. The molecule has 0 N–H and O–H groups in total. The Morgan fingerprint density at radius 2 is 2.20 bits per heavy atom. The Balaban J connectivity index is 2.42. The molecule has 6 heteroatoms. The molecule has 106 valence electrons. The fourth-order valence-corrected chi connectivity index (χ4v) is 2.13. The molecule has 0 saturated heterocycles. The lowest BCUT2D eigenvalue weighted by Crippen LogP contribution is -2.05. The molecular weight excluding hydrogens is 346 g/mol. The molecule has 0 fully saturated rings. The van der Waals surface area contributed by atoms with Gasteiger partial charge in [0.15, 0.2) is 0 Å². The van der Waals surface area contributed by atoms with Crippen molar-refractivity contribution in [3.8, 4) is 11.5 Å². The van der Waals surface area contributed by atoms with Crippen LogP contribution in [0.1, 0.15) is 30.1 Å².